The molecule has 0 saturated heterocycles. The van der Waals surface area contributed by atoms with Gasteiger partial charge in [0.2, 0.25) is 0 Å². The first-order valence-electron chi connectivity index (χ1n) is 5.16. The Morgan fingerprint density at radius 2 is 1.89 bits per heavy atom. The van der Waals surface area contributed by atoms with Gasteiger partial charge in [-0.2, -0.15) is 0 Å². The summed E-state index contributed by atoms with van der Waals surface area (Å²) in [7, 11) is 0. The molecule has 0 radical (unpaired) electrons. The number of hydrogen-bond donors (Lipinski definition) is 1. The lowest BCUT2D eigenvalue weighted by atomic mass is 10.2. The van der Waals surface area contributed by atoms with Crippen LogP contribution in [0.15, 0.2) is 34.8 Å². The first-order chi connectivity index (χ1) is 8.49. The second-order valence-corrected chi connectivity index (χ2v) is 5.43. The first-order valence-corrected chi connectivity index (χ1v) is 6.71. The molecule has 0 heterocycles. The van der Waals surface area contributed by atoms with E-state index in [1.165, 1.54) is 0 Å². The zero-order valence-corrected chi connectivity index (χ0v) is 12.6. The normalized spacial score (nSPS) is 10.4. The van der Waals surface area contributed by atoms with Gasteiger partial charge >= 0.3 is 0 Å². The van der Waals surface area contributed by atoms with Crippen LogP contribution in [-0.4, -0.2) is 0 Å². The molecule has 5 heteroatoms. The molecule has 0 bridgehead atoms. The Bertz CT molecular complexity index is 602. The van der Waals surface area contributed by atoms with Gasteiger partial charge in [-0.1, -0.05) is 29.3 Å². The topological polar surface area (TPSA) is 35.2 Å². The summed E-state index contributed by atoms with van der Waals surface area (Å²) in [5.74, 6) is 1.15. The van der Waals surface area contributed by atoms with E-state index < -0.39 is 0 Å². The Morgan fingerprint density at radius 3 is 2.61 bits per heavy atom. The maximum atomic E-state index is 6.07. The van der Waals surface area contributed by atoms with Crippen LogP contribution in [0.1, 0.15) is 5.56 Å². The van der Waals surface area contributed by atoms with Gasteiger partial charge in [-0.25, -0.2) is 0 Å². The fourth-order valence-electron chi connectivity index (χ4n) is 1.43. The van der Waals surface area contributed by atoms with E-state index in [1.807, 2.05) is 13.0 Å². The molecule has 0 amide bonds. The second kappa shape index (κ2) is 5.39. The summed E-state index contributed by atoms with van der Waals surface area (Å²) in [5, 5.41) is 0.845. The molecule has 2 aromatic rings. The van der Waals surface area contributed by atoms with Crippen LogP contribution in [0.2, 0.25) is 10.0 Å². The van der Waals surface area contributed by atoms with Crippen molar-refractivity contribution < 1.29 is 4.74 Å². The minimum atomic E-state index is 0.389. The molecule has 0 fully saturated rings. The summed E-state index contributed by atoms with van der Waals surface area (Å²) in [4.78, 5) is 0. The lowest BCUT2D eigenvalue weighted by Gasteiger charge is -2.12. The number of nitrogen functional groups attached to an aromatic ring is 1. The Morgan fingerprint density at radius 1 is 1.17 bits per heavy atom. The number of nitrogens with two attached hydrogens (primary N) is 1. The predicted octanol–water partition coefficient (Wildman–Crippen LogP) is 5.44. The molecule has 2 aromatic carbocycles. The van der Waals surface area contributed by atoms with Gasteiger partial charge < -0.3 is 10.5 Å². The van der Waals surface area contributed by atoms with Crippen molar-refractivity contribution >= 4 is 44.8 Å². The van der Waals surface area contributed by atoms with Crippen LogP contribution in [0.3, 0.4) is 0 Å². The number of anilines is 1. The summed E-state index contributed by atoms with van der Waals surface area (Å²) in [6.07, 6.45) is 0. The van der Waals surface area contributed by atoms with Crippen molar-refractivity contribution in [2.45, 2.75) is 6.92 Å². The number of rotatable bonds is 2. The van der Waals surface area contributed by atoms with Crippen molar-refractivity contribution in [3.8, 4) is 11.5 Å². The maximum Gasteiger partial charge on any atom is 0.147 e. The van der Waals surface area contributed by atoms with Crippen molar-refractivity contribution in [1.29, 1.82) is 0 Å². The van der Waals surface area contributed by atoms with Gasteiger partial charge in [0.25, 0.3) is 0 Å². The van der Waals surface area contributed by atoms with Gasteiger partial charge in [0.05, 0.1) is 9.50 Å². The van der Waals surface area contributed by atoms with Gasteiger partial charge in [-0.15, -0.1) is 0 Å². The van der Waals surface area contributed by atoms with E-state index in [0.717, 1.165) is 10.0 Å². The number of hydrogen-bond acceptors (Lipinski definition) is 2. The highest BCUT2D eigenvalue weighted by molar-refractivity contribution is 9.10. The molecule has 2 nitrogen and oxygen atoms in total. The molecule has 2 rings (SSSR count). The summed E-state index contributed by atoms with van der Waals surface area (Å²) in [5.41, 5.74) is 7.44. The average molecular weight is 347 g/mol. The lowest BCUT2D eigenvalue weighted by Crippen LogP contribution is -1.93. The van der Waals surface area contributed by atoms with Crippen molar-refractivity contribution in [3.05, 3.63) is 50.4 Å². The highest BCUT2D eigenvalue weighted by atomic mass is 79.9. The molecule has 2 N–H and O–H groups in total. The van der Waals surface area contributed by atoms with Gasteiger partial charge in [0, 0.05) is 5.69 Å². The monoisotopic (exact) mass is 345 g/mol. The molecule has 0 spiro atoms. The molecular formula is C13H10BrCl2NO. The van der Waals surface area contributed by atoms with E-state index in [-0.39, 0.29) is 0 Å². The number of ether oxygens (including phenoxy) is 1. The SMILES string of the molecule is Cc1cc(Oc2cccc(Cl)c2Cl)c(Br)cc1N. The van der Waals surface area contributed by atoms with Crippen LogP contribution in [0.5, 0.6) is 11.5 Å². The number of halogens is 3. The van der Waals surface area contributed by atoms with Gasteiger partial charge in [0.1, 0.15) is 16.5 Å². The van der Waals surface area contributed by atoms with E-state index in [9.17, 15) is 0 Å². The quantitative estimate of drug-likeness (QED) is 0.735. The molecule has 0 saturated carbocycles. The lowest BCUT2D eigenvalue weighted by molar-refractivity contribution is 0.479. The van der Waals surface area contributed by atoms with Gasteiger partial charge in [0.15, 0.2) is 0 Å². The zero-order chi connectivity index (χ0) is 13.3. The van der Waals surface area contributed by atoms with Crippen molar-refractivity contribution in [3.63, 3.8) is 0 Å². The van der Waals surface area contributed by atoms with E-state index in [2.05, 4.69) is 15.9 Å². The van der Waals surface area contributed by atoms with Gasteiger partial charge in [-0.05, 0) is 52.7 Å². The Hall–Kier alpha value is -0.900. The zero-order valence-electron chi connectivity index (χ0n) is 9.51. The molecular weight excluding hydrogens is 337 g/mol. The van der Waals surface area contributed by atoms with E-state index >= 15 is 0 Å². The second-order valence-electron chi connectivity index (χ2n) is 3.79. The molecule has 18 heavy (non-hydrogen) atoms. The largest absolute Gasteiger partial charge is 0.455 e. The van der Waals surface area contributed by atoms with Crippen molar-refractivity contribution in [2.75, 3.05) is 5.73 Å². The van der Waals surface area contributed by atoms with Crippen molar-refractivity contribution in [1.82, 2.24) is 0 Å². The molecule has 94 valence electrons. The Balaban J connectivity index is 2.40. The maximum absolute atomic E-state index is 6.07. The van der Waals surface area contributed by atoms with E-state index in [1.54, 1.807) is 24.3 Å². The minimum Gasteiger partial charge on any atom is -0.455 e. The first kappa shape index (κ1) is 13.5. The van der Waals surface area contributed by atoms with Crippen LogP contribution in [0, 0.1) is 6.92 Å². The summed E-state index contributed by atoms with van der Waals surface area (Å²) in [6, 6.07) is 8.88. The minimum absolute atomic E-state index is 0.389. The third-order valence-electron chi connectivity index (χ3n) is 2.46. The predicted molar refractivity (Wildman–Crippen MR) is 79.8 cm³/mol. The molecule has 0 atom stereocenters. The van der Waals surface area contributed by atoms with Crippen LogP contribution in [-0.2, 0) is 0 Å². The molecule has 0 aromatic heterocycles. The highest BCUT2D eigenvalue weighted by Crippen LogP contribution is 2.38. The summed E-state index contributed by atoms with van der Waals surface area (Å²) < 4.78 is 6.50. The van der Waals surface area contributed by atoms with Crippen LogP contribution in [0.4, 0.5) is 5.69 Å². The standard InChI is InChI=1S/C13H10BrCl2NO/c1-7-5-12(8(14)6-10(7)17)18-11-4-2-3-9(15)13(11)16/h2-6H,17H2,1H3. The van der Waals surface area contributed by atoms with Crippen LogP contribution in [0.25, 0.3) is 0 Å². The molecule has 0 aliphatic carbocycles. The number of aryl methyl sites for hydroxylation is 1. The third-order valence-corrected chi connectivity index (χ3v) is 3.88. The van der Waals surface area contributed by atoms with Crippen molar-refractivity contribution in [2.24, 2.45) is 0 Å². The molecule has 0 aliphatic rings. The Kier molecular flexibility index (Phi) is 4.05. The molecule has 0 unspecified atom stereocenters. The average Bonchev–Trinajstić information content (AvgIpc) is 2.32. The Labute approximate surface area is 124 Å². The van der Waals surface area contributed by atoms with Crippen LogP contribution < -0.4 is 10.5 Å². The number of benzene rings is 2. The summed E-state index contributed by atoms with van der Waals surface area (Å²) in [6.45, 7) is 1.91. The fourth-order valence-corrected chi connectivity index (χ4v) is 2.20. The van der Waals surface area contributed by atoms with E-state index in [4.69, 9.17) is 33.7 Å². The van der Waals surface area contributed by atoms with Gasteiger partial charge in [-0.3, -0.25) is 0 Å². The third kappa shape index (κ3) is 2.74. The highest BCUT2D eigenvalue weighted by Gasteiger charge is 2.10. The molecule has 0 aliphatic heterocycles. The van der Waals surface area contributed by atoms with E-state index in [0.29, 0.717) is 27.2 Å². The fraction of sp³-hybridized carbons (Fsp3) is 0.0769. The smallest absolute Gasteiger partial charge is 0.147 e. The summed E-state index contributed by atoms with van der Waals surface area (Å²) >= 11 is 15.4. The van der Waals surface area contributed by atoms with Crippen LogP contribution >= 0.6 is 39.1 Å².